The van der Waals surface area contributed by atoms with Gasteiger partial charge in [-0.05, 0) is 29.8 Å². The van der Waals surface area contributed by atoms with Crippen molar-refractivity contribution < 1.29 is 0 Å². The van der Waals surface area contributed by atoms with Gasteiger partial charge in [0.1, 0.15) is 5.82 Å². The van der Waals surface area contributed by atoms with Crippen LogP contribution in [0.3, 0.4) is 0 Å². The van der Waals surface area contributed by atoms with E-state index in [1.54, 1.807) is 0 Å². The molecule has 0 amide bonds. The van der Waals surface area contributed by atoms with Crippen LogP contribution in [0.15, 0.2) is 42.6 Å². The molecule has 2 rings (SSSR count). The zero-order valence-corrected chi connectivity index (χ0v) is 8.77. The summed E-state index contributed by atoms with van der Waals surface area (Å²) in [5, 5.41) is 0. The Kier molecular flexibility index (Phi) is 2.74. The zero-order valence-electron chi connectivity index (χ0n) is 8.77. The van der Waals surface area contributed by atoms with Gasteiger partial charge < -0.3 is 15.6 Å². The Balaban J connectivity index is 2.22. The number of H-pyrrole nitrogens is 1. The van der Waals surface area contributed by atoms with Gasteiger partial charge >= 0.3 is 0 Å². The second kappa shape index (κ2) is 4.19. The van der Waals surface area contributed by atoms with E-state index in [4.69, 9.17) is 5.73 Å². The highest BCUT2D eigenvalue weighted by Crippen LogP contribution is 2.21. The summed E-state index contributed by atoms with van der Waals surface area (Å²) in [6, 6.07) is 12.3. The van der Waals surface area contributed by atoms with Gasteiger partial charge in [-0.2, -0.15) is 0 Å². The number of aromatic nitrogens is 1. The number of benzene rings is 1. The number of hydrogen-bond donors (Lipinski definition) is 2. The molecule has 3 nitrogen and oxygen atoms in total. The standard InChI is InChI=1S/C12H15N3/c1-15(12-3-2-8-14-12)11-6-4-10(9-13)5-7-11/h2-8,14H,9,13H2,1H3. The van der Waals surface area contributed by atoms with Crippen LogP contribution in [-0.4, -0.2) is 12.0 Å². The van der Waals surface area contributed by atoms with Crippen molar-refractivity contribution in [1.82, 2.24) is 4.98 Å². The monoisotopic (exact) mass is 201 g/mol. The van der Waals surface area contributed by atoms with E-state index in [-0.39, 0.29) is 0 Å². The van der Waals surface area contributed by atoms with E-state index in [9.17, 15) is 0 Å². The van der Waals surface area contributed by atoms with Crippen LogP contribution >= 0.6 is 0 Å². The van der Waals surface area contributed by atoms with Crippen LogP contribution in [0.2, 0.25) is 0 Å². The lowest BCUT2D eigenvalue weighted by molar-refractivity contribution is 1.07. The van der Waals surface area contributed by atoms with Crippen LogP contribution < -0.4 is 10.6 Å². The van der Waals surface area contributed by atoms with Crippen molar-refractivity contribution in [2.45, 2.75) is 6.54 Å². The Hall–Kier alpha value is -1.74. The molecule has 0 atom stereocenters. The fourth-order valence-electron chi connectivity index (χ4n) is 1.52. The predicted molar refractivity (Wildman–Crippen MR) is 63.2 cm³/mol. The van der Waals surface area contributed by atoms with Gasteiger partial charge in [0.25, 0.3) is 0 Å². The molecule has 3 heteroatoms. The molecule has 0 saturated heterocycles. The van der Waals surface area contributed by atoms with Crippen LogP contribution in [0, 0.1) is 0 Å². The van der Waals surface area contributed by atoms with Gasteiger partial charge in [-0.25, -0.2) is 0 Å². The molecule has 0 unspecified atom stereocenters. The highest BCUT2D eigenvalue weighted by molar-refractivity contribution is 5.59. The quantitative estimate of drug-likeness (QED) is 0.800. The van der Waals surface area contributed by atoms with Gasteiger partial charge in [0.15, 0.2) is 0 Å². The second-order valence-electron chi connectivity index (χ2n) is 3.48. The molecule has 0 fully saturated rings. The maximum absolute atomic E-state index is 5.55. The van der Waals surface area contributed by atoms with Gasteiger partial charge in [0, 0.05) is 25.5 Å². The molecule has 1 aromatic heterocycles. The third-order valence-corrected chi connectivity index (χ3v) is 2.50. The minimum Gasteiger partial charge on any atom is -0.348 e. The van der Waals surface area contributed by atoms with Crippen molar-refractivity contribution in [2.75, 3.05) is 11.9 Å². The first kappa shape index (κ1) is 9.80. The highest BCUT2D eigenvalue weighted by Gasteiger charge is 2.03. The second-order valence-corrected chi connectivity index (χ2v) is 3.48. The molecule has 0 saturated carbocycles. The molecule has 0 bridgehead atoms. The number of aromatic amines is 1. The third-order valence-electron chi connectivity index (χ3n) is 2.50. The van der Waals surface area contributed by atoms with E-state index in [2.05, 4.69) is 34.1 Å². The minimum absolute atomic E-state index is 0.590. The molecule has 0 radical (unpaired) electrons. The Morgan fingerprint density at radius 1 is 1.20 bits per heavy atom. The first-order chi connectivity index (χ1) is 7.31. The summed E-state index contributed by atoms with van der Waals surface area (Å²) < 4.78 is 0. The van der Waals surface area contributed by atoms with Crippen LogP contribution in [0.25, 0.3) is 0 Å². The molecule has 0 aliphatic carbocycles. The molecular weight excluding hydrogens is 186 g/mol. The number of nitrogens with one attached hydrogen (secondary N) is 1. The van der Waals surface area contributed by atoms with Crippen molar-refractivity contribution in [3.05, 3.63) is 48.2 Å². The molecule has 1 heterocycles. The topological polar surface area (TPSA) is 45.0 Å². The summed E-state index contributed by atoms with van der Waals surface area (Å²) >= 11 is 0. The van der Waals surface area contributed by atoms with E-state index >= 15 is 0 Å². The fraction of sp³-hybridized carbons (Fsp3) is 0.167. The van der Waals surface area contributed by atoms with Crippen LogP contribution in [0.4, 0.5) is 11.5 Å². The van der Waals surface area contributed by atoms with Crippen molar-refractivity contribution >= 4 is 11.5 Å². The number of nitrogens with zero attached hydrogens (tertiary/aromatic N) is 1. The fourth-order valence-corrected chi connectivity index (χ4v) is 1.52. The molecule has 3 N–H and O–H groups in total. The third kappa shape index (κ3) is 2.02. The number of rotatable bonds is 3. The molecule has 0 aliphatic heterocycles. The summed E-state index contributed by atoms with van der Waals surface area (Å²) in [6.45, 7) is 0.590. The first-order valence-corrected chi connectivity index (χ1v) is 4.97. The first-order valence-electron chi connectivity index (χ1n) is 4.97. The van der Waals surface area contributed by atoms with Crippen LogP contribution in [0.5, 0.6) is 0 Å². The summed E-state index contributed by atoms with van der Waals surface area (Å²) in [5.74, 6) is 1.08. The van der Waals surface area contributed by atoms with Gasteiger partial charge in [0.2, 0.25) is 0 Å². The maximum atomic E-state index is 5.55. The van der Waals surface area contributed by atoms with E-state index in [1.807, 2.05) is 25.4 Å². The van der Waals surface area contributed by atoms with Gasteiger partial charge in [0.05, 0.1) is 0 Å². The van der Waals surface area contributed by atoms with E-state index in [1.165, 1.54) is 0 Å². The van der Waals surface area contributed by atoms with Gasteiger partial charge in [-0.1, -0.05) is 12.1 Å². The SMILES string of the molecule is CN(c1ccc(CN)cc1)c1ccc[nH]1. The van der Waals surface area contributed by atoms with Crippen molar-refractivity contribution in [2.24, 2.45) is 5.73 Å². The number of nitrogens with two attached hydrogens (primary N) is 1. The highest BCUT2D eigenvalue weighted by atomic mass is 15.2. The molecule has 15 heavy (non-hydrogen) atoms. The van der Waals surface area contributed by atoms with E-state index < -0.39 is 0 Å². The van der Waals surface area contributed by atoms with Crippen LogP contribution in [-0.2, 0) is 6.54 Å². The largest absolute Gasteiger partial charge is 0.348 e. The number of hydrogen-bond acceptors (Lipinski definition) is 2. The Morgan fingerprint density at radius 2 is 1.93 bits per heavy atom. The van der Waals surface area contributed by atoms with Crippen molar-refractivity contribution in [3.8, 4) is 0 Å². The lowest BCUT2D eigenvalue weighted by atomic mass is 10.2. The lowest BCUT2D eigenvalue weighted by Gasteiger charge is -2.17. The van der Waals surface area contributed by atoms with Crippen molar-refractivity contribution in [1.29, 1.82) is 0 Å². The predicted octanol–water partition coefficient (Wildman–Crippen LogP) is 2.24. The molecule has 0 spiro atoms. The minimum atomic E-state index is 0.590. The molecule has 0 aliphatic rings. The molecule has 1 aromatic carbocycles. The van der Waals surface area contributed by atoms with Crippen molar-refractivity contribution in [3.63, 3.8) is 0 Å². The Bertz CT molecular complexity index is 403. The normalized spacial score (nSPS) is 10.3. The summed E-state index contributed by atoms with van der Waals surface area (Å²) in [6.07, 6.45) is 1.92. The van der Waals surface area contributed by atoms with Gasteiger partial charge in [-0.3, -0.25) is 0 Å². The van der Waals surface area contributed by atoms with Crippen LogP contribution in [0.1, 0.15) is 5.56 Å². The molecule has 78 valence electrons. The average molecular weight is 201 g/mol. The zero-order chi connectivity index (χ0) is 10.7. The molecular formula is C12H15N3. The summed E-state index contributed by atoms with van der Waals surface area (Å²) in [7, 11) is 2.03. The lowest BCUT2D eigenvalue weighted by Crippen LogP contribution is -2.09. The average Bonchev–Trinajstić information content (AvgIpc) is 2.82. The number of anilines is 2. The molecule has 2 aromatic rings. The van der Waals surface area contributed by atoms with E-state index in [0.717, 1.165) is 17.1 Å². The Morgan fingerprint density at radius 3 is 2.47 bits per heavy atom. The Labute approximate surface area is 89.5 Å². The maximum Gasteiger partial charge on any atom is 0.110 e. The van der Waals surface area contributed by atoms with E-state index in [0.29, 0.717) is 6.54 Å². The summed E-state index contributed by atoms with van der Waals surface area (Å²) in [4.78, 5) is 5.26. The smallest absolute Gasteiger partial charge is 0.110 e. The van der Waals surface area contributed by atoms with Gasteiger partial charge in [-0.15, -0.1) is 0 Å². The summed E-state index contributed by atoms with van der Waals surface area (Å²) in [5.41, 5.74) is 7.85.